The van der Waals surface area contributed by atoms with Crippen LogP contribution in [0, 0.1) is 47.3 Å². The Hall–Kier alpha value is -0.400. The van der Waals surface area contributed by atoms with E-state index in [1.807, 2.05) is 0 Å². The molecule has 2 heteroatoms. The number of nitrogens with zero attached hydrogens (tertiary/aromatic N) is 2. The molecule has 8 saturated carbocycles. The van der Waals surface area contributed by atoms with Crippen molar-refractivity contribution in [2.24, 2.45) is 57.6 Å². The number of hydrogen-bond acceptors (Lipinski definition) is 2. The number of hydrogen-bond donors (Lipinski definition) is 0. The lowest BCUT2D eigenvalue weighted by Crippen LogP contribution is -2.58. The highest BCUT2D eigenvalue weighted by Crippen LogP contribution is 2.63. The van der Waals surface area contributed by atoms with Gasteiger partial charge in [-0.1, -0.05) is 13.8 Å². The van der Waals surface area contributed by atoms with Gasteiger partial charge >= 0.3 is 0 Å². The molecule has 0 aromatic carbocycles. The second kappa shape index (κ2) is 5.57. The van der Waals surface area contributed by atoms with Crippen LogP contribution in [0.5, 0.6) is 0 Å². The molecule has 0 unspecified atom stereocenters. The fraction of sp³-hybridized carbons (Fsp3) is 1.00. The number of azo groups is 1. The SMILES string of the molecule is CCC1(N=NC2(CC)C3CC4CC(C3)CC2C4)C2CC3CC(C2)CC1C3. The van der Waals surface area contributed by atoms with Gasteiger partial charge < -0.3 is 0 Å². The fourth-order valence-corrected chi connectivity index (χ4v) is 9.81. The Kier molecular flexibility index (Phi) is 3.54. The predicted octanol–water partition coefficient (Wildman–Crippen LogP) is 6.65. The van der Waals surface area contributed by atoms with Crippen LogP contribution in [0.2, 0.25) is 0 Å². The van der Waals surface area contributed by atoms with Gasteiger partial charge in [-0.05, 0) is 124 Å². The summed E-state index contributed by atoms with van der Waals surface area (Å²) >= 11 is 0. The lowest BCUT2D eigenvalue weighted by Gasteiger charge is -2.61. The zero-order valence-electron chi connectivity index (χ0n) is 17.0. The van der Waals surface area contributed by atoms with E-state index in [0.717, 1.165) is 47.3 Å². The first-order chi connectivity index (χ1) is 12.6. The average Bonchev–Trinajstić information content (AvgIpc) is 2.63. The molecule has 0 aromatic heterocycles. The Morgan fingerprint density at radius 3 is 1.00 bits per heavy atom. The summed E-state index contributed by atoms with van der Waals surface area (Å²) in [7, 11) is 0. The highest BCUT2D eigenvalue weighted by Gasteiger charge is 2.59. The van der Waals surface area contributed by atoms with Gasteiger partial charge in [0.2, 0.25) is 0 Å². The third-order valence-electron chi connectivity index (χ3n) is 10.7. The molecule has 8 aliphatic rings. The van der Waals surface area contributed by atoms with E-state index in [2.05, 4.69) is 13.8 Å². The van der Waals surface area contributed by atoms with Crippen molar-refractivity contribution in [1.82, 2.24) is 0 Å². The highest BCUT2D eigenvalue weighted by molar-refractivity contribution is 5.13. The average molecular weight is 355 g/mol. The Labute approximate surface area is 160 Å². The van der Waals surface area contributed by atoms with Gasteiger partial charge in [-0.25, -0.2) is 0 Å². The molecule has 2 nitrogen and oxygen atoms in total. The lowest BCUT2D eigenvalue weighted by atomic mass is 9.47. The molecule has 26 heavy (non-hydrogen) atoms. The summed E-state index contributed by atoms with van der Waals surface area (Å²) in [5.74, 6) is 7.58. The van der Waals surface area contributed by atoms with Crippen LogP contribution >= 0.6 is 0 Å². The third kappa shape index (κ3) is 2.05. The van der Waals surface area contributed by atoms with Crippen LogP contribution < -0.4 is 0 Å². The van der Waals surface area contributed by atoms with E-state index in [4.69, 9.17) is 10.2 Å². The Morgan fingerprint density at radius 1 is 0.500 bits per heavy atom. The Balaban J connectivity index is 1.34. The quantitative estimate of drug-likeness (QED) is 0.505. The van der Waals surface area contributed by atoms with E-state index in [1.54, 1.807) is 0 Å². The highest BCUT2D eigenvalue weighted by atomic mass is 15.2. The topological polar surface area (TPSA) is 24.7 Å². The lowest BCUT2D eigenvalue weighted by molar-refractivity contribution is -0.0768. The van der Waals surface area contributed by atoms with Crippen molar-refractivity contribution in [3.8, 4) is 0 Å². The molecule has 0 amide bonds. The van der Waals surface area contributed by atoms with Crippen LogP contribution in [0.15, 0.2) is 10.2 Å². The first-order valence-corrected chi connectivity index (χ1v) is 12.1. The van der Waals surface area contributed by atoms with Crippen molar-refractivity contribution >= 4 is 0 Å². The Bertz CT molecular complexity index is 497. The summed E-state index contributed by atoms with van der Waals surface area (Å²) in [4.78, 5) is 0. The Morgan fingerprint density at radius 2 is 0.769 bits per heavy atom. The molecule has 0 saturated heterocycles. The van der Waals surface area contributed by atoms with Gasteiger partial charge in [-0.2, -0.15) is 10.2 Å². The molecule has 0 atom stereocenters. The van der Waals surface area contributed by atoms with Crippen LogP contribution in [-0.4, -0.2) is 11.1 Å². The van der Waals surface area contributed by atoms with Gasteiger partial charge in [-0.15, -0.1) is 0 Å². The van der Waals surface area contributed by atoms with E-state index in [-0.39, 0.29) is 11.1 Å². The van der Waals surface area contributed by atoms with Crippen molar-refractivity contribution in [2.45, 2.75) is 102 Å². The zero-order valence-corrected chi connectivity index (χ0v) is 17.0. The van der Waals surface area contributed by atoms with Gasteiger partial charge in [0.1, 0.15) is 0 Å². The van der Waals surface area contributed by atoms with Gasteiger partial charge in [0.25, 0.3) is 0 Å². The van der Waals surface area contributed by atoms with Crippen molar-refractivity contribution < 1.29 is 0 Å². The molecule has 0 heterocycles. The molecule has 0 spiro atoms. The maximum Gasteiger partial charge on any atom is 0.0869 e. The molecule has 0 radical (unpaired) electrons. The summed E-state index contributed by atoms with van der Waals surface area (Å²) in [5, 5.41) is 11.0. The maximum absolute atomic E-state index is 5.49. The van der Waals surface area contributed by atoms with E-state index in [0.29, 0.717) is 0 Å². The monoisotopic (exact) mass is 354 g/mol. The molecule has 0 aromatic rings. The first-order valence-electron chi connectivity index (χ1n) is 12.1. The molecule has 0 N–H and O–H groups in total. The molecule has 144 valence electrons. The van der Waals surface area contributed by atoms with Crippen LogP contribution in [-0.2, 0) is 0 Å². The van der Waals surface area contributed by atoms with Crippen molar-refractivity contribution in [3.63, 3.8) is 0 Å². The predicted molar refractivity (Wildman–Crippen MR) is 105 cm³/mol. The number of rotatable bonds is 4. The smallest absolute Gasteiger partial charge is 0.0869 e. The normalized spacial score (nSPS) is 59.6. The fourth-order valence-electron chi connectivity index (χ4n) is 9.81. The maximum atomic E-state index is 5.49. The summed E-state index contributed by atoms with van der Waals surface area (Å²) in [6.07, 6.45) is 17.3. The molecule has 8 bridgehead atoms. The standard InChI is InChI=1S/C24H38N2/c1-3-23(19-7-15-5-16(9-19)10-20(23)8-15)25-26-24(4-2)21-11-17-6-18(13-21)14-22(24)12-17/h15-22H,3-14H2,1-2H3. The van der Waals surface area contributed by atoms with Gasteiger partial charge in [-0.3, -0.25) is 0 Å². The molecular weight excluding hydrogens is 316 g/mol. The summed E-state index contributed by atoms with van der Waals surface area (Å²) in [6.45, 7) is 4.85. The second-order valence-corrected chi connectivity index (χ2v) is 11.5. The van der Waals surface area contributed by atoms with Crippen molar-refractivity contribution in [1.29, 1.82) is 0 Å². The van der Waals surface area contributed by atoms with Gasteiger partial charge in [0, 0.05) is 0 Å². The van der Waals surface area contributed by atoms with E-state index >= 15 is 0 Å². The minimum absolute atomic E-state index is 0.226. The zero-order chi connectivity index (χ0) is 17.5. The minimum Gasteiger partial charge on any atom is -0.186 e. The summed E-state index contributed by atoms with van der Waals surface area (Å²) in [6, 6.07) is 0. The van der Waals surface area contributed by atoms with Crippen LogP contribution in [0.3, 0.4) is 0 Å². The van der Waals surface area contributed by atoms with Crippen molar-refractivity contribution in [2.75, 3.05) is 0 Å². The second-order valence-electron chi connectivity index (χ2n) is 11.5. The van der Waals surface area contributed by atoms with Crippen LogP contribution in [0.1, 0.15) is 90.9 Å². The first kappa shape index (κ1) is 16.5. The molecular formula is C24H38N2. The van der Waals surface area contributed by atoms with E-state index in [1.165, 1.54) is 77.0 Å². The van der Waals surface area contributed by atoms with Crippen LogP contribution in [0.25, 0.3) is 0 Å². The van der Waals surface area contributed by atoms with Crippen LogP contribution in [0.4, 0.5) is 0 Å². The van der Waals surface area contributed by atoms with Gasteiger partial charge in [0.15, 0.2) is 0 Å². The molecule has 0 aliphatic heterocycles. The molecule has 8 aliphatic carbocycles. The van der Waals surface area contributed by atoms with Crippen molar-refractivity contribution in [3.05, 3.63) is 0 Å². The largest absolute Gasteiger partial charge is 0.186 e. The summed E-state index contributed by atoms with van der Waals surface area (Å²) in [5.41, 5.74) is 0.453. The summed E-state index contributed by atoms with van der Waals surface area (Å²) < 4.78 is 0. The van der Waals surface area contributed by atoms with E-state index in [9.17, 15) is 0 Å². The molecule has 8 fully saturated rings. The minimum atomic E-state index is 0.226. The third-order valence-corrected chi connectivity index (χ3v) is 10.7. The molecule has 8 rings (SSSR count). The van der Waals surface area contributed by atoms with E-state index < -0.39 is 0 Å². The van der Waals surface area contributed by atoms with Gasteiger partial charge in [0.05, 0.1) is 11.1 Å².